The molecule has 0 unspecified atom stereocenters. The van der Waals surface area contributed by atoms with Gasteiger partial charge < -0.3 is 9.84 Å². The Bertz CT molecular complexity index is 618. The van der Waals surface area contributed by atoms with Crippen LogP contribution < -0.4 is 0 Å². The van der Waals surface area contributed by atoms with E-state index in [0.717, 1.165) is 12.0 Å². The van der Waals surface area contributed by atoms with Crippen LogP contribution >= 0.6 is 0 Å². The first-order chi connectivity index (χ1) is 10.2. The lowest BCUT2D eigenvalue weighted by atomic mass is 10.1. The van der Waals surface area contributed by atoms with Crippen molar-refractivity contribution in [2.24, 2.45) is 0 Å². The van der Waals surface area contributed by atoms with Crippen molar-refractivity contribution >= 4 is 5.97 Å². The molecule has 21 heavy (non-hydrogen) atoms. The highest BCUT2D eigenvalue weighted by Crippen LogP contribution is 2.23. The Kier molecular flexibility index (Phi) is 3.96. The number of carbonyl (C=O) groups is 1. The summed E-state index contributed by atoms with van der Waals surface area (Å²) in [6, 6.07) is 9.86. The van der Waals surface area contributed by atoms with E-state index >= 15 is 0 Å². The number of carboxylic acid groups (broad SMARTS) is 1. The molecule has 1 aliphatic heterocycles. The molecule has 1 fully saturated rings. The third-order valence-electron chi connectivity index (χ3n) is 3.55. The molecule has 1 aromatic heterocycles. The summed E-state index contributed by atoms with van der Waals surface area (Å²) in [4.78, 5) is 15.5. The predicted molar refractivity (Wildman–Crippen MR) is 75.1 cm³/mol. The highest BCUT2D eigenvalue weighted by molar-refractivity contribution is 5.66. The number of aromatic nitrogens is 3. The second-order valence-corrected chi connectivity index (χ2v) is 5.16. The van der Waals surface area contributed by atoms with Crippen LogP contribution in [0.4, 0.5) is 0 Å². The second kappa shape index (κ2) is 6.05. The molecule has 1 aliphatic rings. The smallest absolute Gasteiger partial charge is 0.325 e. The lowest BCUT2D eigenvalue weighted by Gasteiger charge is -2.02. The van der Waals surface area contributed by atoms with Gasteiger partial charge in [-0.1, -0.05) is 30.3 Å². The van der Waals surface area contributed by atoms with Crippen molar-refractivity contribution < 1.29 is 14.6 Å². The number of carboxylic acids is 1. The van der Waals surface area contributed by atoms with E-state index in [4.69, 9.17) is 9.84 Å². The van der Waals surface area contributed by atoms with E-state index < -0.39 is 5.97 Å². The number of ether oxygens (including phenoxy) is 1. The molecular weight excluding hydrogens is 270 g/mol. The summed E-state index contributed by atoms with van der Waals surface area (Å²) in [5.41, 5.74) is 1.09. The van der Waals surface area contributed by atoms with Gasteiger partial charge in [0.1, 0.15) is 12.4 Å². The molecule has 3 rings (SSSR count). The van der Waals surface area contributed by atoms with Gasteiger partial charge >= 0.3 is 5.97 Å². The number of hydrogen-bond acceptors (Lipinski definition) is 4. The maximum absolute atomic E-state index is 11.0. The zero-order chi connectivity index (χ0) is 14.7. The maximum atomic E-state index is 11.0. The minimum absolute atomic E-state index is 0.164. The SMILES string of the molecule is O=C(O)Cn1nc([C@H]2CCOC2)nc1Cc1ccccc1. The van der Waals surface area contributed by atoms with E-state index in [1.54, 1.807) is 0 Å². The van der Waals surface area contributed by atoms with Gasteiger partial charge in [0.05, 0.1) is 6.61 Å². The van der Waals surface area contributed by atoms with E-state index in [9.17, 15) is 4.79 Å². The molecule has 1 N–H and O–H groups in total. The van der Waals surface area contributed by atoms with Crippen molar-refractivity contribution in [2.45, 2.75) is 25.3 Å². The van der Waals surface area contributed by atoms with Gasteiger partial charge in [0.15, 0.2) is 5.82 Å². The lowest BCUT2D eigenvalue weighted by molar-refractivity contribution is -0.137. The van der Waals surface area contributed by atoms with Gasteiger partial charge in [-0.25, -0.2) is 9.67 Å². The summed E-state index contributed by atoms with van der Waals surface area (Å²) in [6.45, 7) is 1.16. The normalized spacial score (nSPS) is 18.0. The summed E-state index contributed by atoms with van der Waals surface area (Å²) in [6.07, 6.45) is 1.47. The van der Waals surface area contributed by atoms with Crippen LogP contribution in [0.25, 0.3) is 0 Å². The van der Waals surface area contributed by atoms with Crippen LogP contribution in [0.1, 0.15) is 29.6 Å². The van der Waals surface area contributed by atoms with Gasteiger partial charge in [0.25, 0.3) is 0 Å². The topological polar surface area (TPSA) is 77.2 Å². The third-order valence-corrected chi connectivity index (χ3v) is 3.55. The average Bonchev–Trinajstić information content (AvgIpc) is 3.10. The van der Waals surface area contributed by atoms with E-state index in [1.165, 1.54) is 4.68 Å². The number of nitrogens with zero attached hydrogens (tertiary/aromatic N) is 3. The molecule has 0 spiro atoms. The van der Waals surface area contributed by atoms with Crippen molar-refractivity contribution in [1.29, 1.82) is 0 Å². The number of rotatable bonds is 5. The lowest BCUT2D eigenvalue weighted by Crippen LogP contribution is -2.14. The van der Waals surface area contributed by atoms with Gasteiger partial charge in [0.2, 0.25) is 0 Å². The molecule has 0 amide bonds. The van der Waals surface area contributed by atoms with E-state index in [2.05, 4.69) is 10.1 Å². The predicted octanol–water partition coefficient (Wildman–Crippen LogP) is 1.46. The Labute approximate surface area is 122 Å². The monoisotopic (exact) mass is 287 g/mol. The Morgan fingerprint density at radius 1 is 1.38 bits per heavy atom. The second-order valence-electron chi connectivity index (χ2n) is 5.16. The fourth-order valence-electron chi connectivity index (χ4n) is 2.47. The Morgan fingerprint density at radius 3 is 2.86 bits per heavy atom. The van der Waals surface area contributed by atoms with Crippen molar-refractivity contribution in [3.8, 4) is 0 Å². The highest BCUT2D eigenvalue weighted by Gasteiger charge is 2.24. The number of aliphatic carboxylic acids is 1. The van der Waals surface area contributed by atoms with Crippen LogP contribution in [-0.2, 0) is 22.5 Å². The van der Waals surface area contributed by atoms with Gasteiger partial charge in [-0.15, -0.1) is 0 Å². The van der Waals surface area contributed by atoms with E-state index in [1.807, 2.05) is 30.3 Å². The fourth-order valence-corrected chi connectivity index (χ4v) is 2.47. The van der Waals surface area contributed by atoms with Crippen molar-refractivity contribution in [1.82, 2.24) is 14.8 Å². The first kappa shape index (κ1) is 13.8. The molecule has 0 aliphatic carbocycles. The van der Waals surface area contributed by atoms with Gasteiger partial charge in [-0.2, -0.15) is 5.10 Å². The molecule has 1 atom stereocenters. The largest absolute Gasteiger partial charge is 0.480 e. The number of hydrogen-bond donors (Lipinski definition) is 1. The summed E-state index contributed by atoms with van der Waals surface area (Å²) in [5, 5.41) is 13.4. The molecule has 6 nitrogen and oxygen atoms in total. The standard InChI is InChI=1S/C15H17N3O3/c19-14(20)9-18-13(8-11-4-2-1-3-5-11)16-15(17-18)12-6-7-21-10-12/h1-5,12H,6-10H2,(H,19,20)/t12-/m0/s1. The van der Waals surface area contributed by atoms with Crippen molar-refractivity contribution in [2.75, 3.05) is 13.2 Å². The van der Waals surface area contributed by atoms with Crippen LogP contribution in [0.3, 0.4) is 0 Å². The Balaban J connectivity index is 1.87. The van der Waals surface area contributed by atoms with Crippen LogP contribution in [0.15, 0.2) is 30.3 Å². The molecule has 2 aromatic rings. The van der Waals surface area contributed by atoms with Crippen LogP contribution in [0, 0.1) is 0 Å². The zero-order valence-electron chi connectivity index (χ0n) is 11.6. The zero-order valence-corrected chi connectivity index (χ0v) is 11.6. The average molecular weight is 287 g/mol. The molecular formula is C15H17N3O3. The molecule has 110 valence electrons. The highest BCUT2D eigenvalue weighted by atomic mass is 16.5. The minimum Gasteiger partial charge on any atom is -0.480 e. The first-order valence-electron chi connectivity index (χ1n) is 6.99. The maximum Gasteiger partial charge on any atom is 0.325 e. The van der Waals surface area contributed by atoms with Crippen molar-refractivity contribution in [3.63, 3.8) is 0 Å². The molecule has 0 radical (unpaired) electrons. The number of benzene rings is 1. The quantitative estimate of drug-likeness (QED) is 0.900. The fraction of sp³-hybridized carbons (Fsp3) is 0.400. The van der Waals surface area contributed by atoms with Crippen LogP contribution in [0.5, 0.6) is 0 Å². The van der Waals surface area contributed by atoms with E-state index in [0.29, 0.717) is 31.3 Å². The van der Waals surface area contributed by atoms with Crippen LogP contribution in [-0.4, -0.2) is 39.1 Å². The Hall–Kier alpha value is -2.21. The molecule has 2 heterocycles. The minimum atomic E-state index is -0.913. The van der Waals surface area contributed by atoms with Gasteiger partial charge in [-0.3, -0.25) is 4.79 Å². The molecule has 0 bridgehead atoms. The van der Waals surface area contributed by atoms with Gasteiger partial charge in [0, 0.05) is 18.9 Å². The molecule has 1 aromatic carbocycles. The summed E-state index contributed by atoms with van der Waals surface area (Å²) in [7, 11) is 0. The Morgan fingerprint density at radius 2 is 2.19 bits per heavy atom. The van der Waals surface area contributed by atoms with Crippen molar-refractivity contribution in [3.05, 3.63) is 47.5 Å². The third kappa shape index (κ3) is 3.28. The van der Waals surface area contributed by atoms with E-state index in [-0.39, 0.29) is 12.5 Å². The van der Waals surface area contributed by atoms with Gasteiger partial charge in [-0.05, 0) is 12.0 Å². The molecule has 1 saturated heterocycles. The van der Waals surface area contributed by atoms with Crippen LogP contribution in [0.2, 0.25) is 0 Å². The summed E-state index contributed by atoms with van der Waals surface area (Å²) >= 11 is 0. The summed E-state index contributed by atoms with van der Waals surface area (Å²) in [5.74, 6) is 0.642. The molecule has 6 heteroatoms. The first-order valence-corrected chi connectivity index (χ1v) is 6.99. The molecule has 0 saturated carbocycles. The summed E-state index contributed by atoms with van der Waals surface area (Å²) < 4.78 is 6.84.